The highest BCUT2D eigenvalue weighted by Gasteiger charge is 2.41. The van der Waals surface area contributed by atoms with Gasteiger partial charge in [-0.15, -0.1) is 0 Å². The second-order valence-electron chi connectivity index (χ2n) is 6.97. The summed E-state index contributed by atoms with van der Waals surface area (Å²) < 4.78 is 45.9. The van der Waals surface area contributed by atoms with E-state index < -0.39 is 23.1 Å². The number of nitrogens with zero attached hydrogens (tertiary/aromatic N) is 1. The Balaban J connectivity index is 1.78. The van der Waals surface area contributed by atoms with E-state index in [0.29, 0.717) is 5.75 Å². The predicted molar refractivity (Wildman–Crippen MR) is 91.0 cm³/mol. The van der Waals surface area contributed by atoms with Crippen molar-refractivity contribution in [2.45, 2.75) is 44.9 Å². The lowest BCUT2D eigenvalue weighted by Gasteiger charge is -2.32. The van der Waals surface area contributed by atoms with Gasteiger partial charge in [0.1, 0.15) is 23.2 Å². The van der Waals surface area contributed by atoms with Crippen LogP contribution < -0.4 is 4.74 Å². The second kappa shape index (κ2) is 7.02. The minimum atomic E-state index is -1.21. The molecule has 3 nitrogen and oxygen atoms in total. The first-order valence-electron chi connectivity index (χ1n) is 8.46. The largest absolute Gasteiger partial charge is 0.478 e. The van der Waals surface area contributed by atoms with Crippen molar-refractivity contribution in [3.05, 3.63) is 65.5 Å². The molecule has 0 spiro atoms. The van der Waals surface area contributed by atoms with Gasteiger partial charge in [0, 0.05) is 24.2 Å². The Kier molecular flexibility index (Phi) is 4.94. The van der Waals surface area contributed by atoms with E-state index in [9.17, 15) is 18.0 Å². The van der Waals surface area contributed by atoms with Crippen LogP contribution in [0, 0.1) is 17.5 Å². The summed E-state index contributed by atoms with van der Waals surface area (Å²) in [5.74, 6) is -1.66. The van der Waals surface area contributed by atoms with Crippen LogP contribution >= 0.6 is 0 Å². The standard InChI is InChI=1S/C20H20F3NO2/c1-20(2,26-17-9-5-14(21)6-10-17)19(25)24(16-7-8-16)12-13-3-4-15(22)11-18(13)23/h3-6,9-11,16H,7-8,12H2,1-2H3. The molecule has 0 bridgehead atoms. The number of benzene rings is 2. The number of ether oxygens (including phenoxy) is 1. The normalized spacial score (nSPS) is 14.2. The molecule has 6 heteroatoms. The van der Waals surface area contributed by atoms with Crippen molar-refractivity contribution < 1.29 is 22.7 Å². The highest BCUT2D eigenvalue weighted by atomic mass is 19.1. The van der Waals surface area contributed by atoms with Gasteiger partial charge in [0.2, 0.25) is 0 Å². The third-order valence-electron chi connectivity index (χ3n) is 4.31. The van der Waals surface area contributed by atoms with Crippen LogP contribution in [0.4, 0.5) is 13.2 Å². The molecule has 1 saturated carbocycles. The maximum absolute atomic E-state index is 14.0. The summed E-state index contributed by atoms with van der Waals surface area (Å²) >= 11 is 0. The summed E-state index contributed by atoms with van der Waals surface area (Å²) in [6.45, 7) is 3.29. The molecule has 1 aliphatic rings. The SMILES string of the molecule is CC(C)(Oc1ccc(F)cc1)C(=O)N(Cc1ccc(F)cc1F)C1CC1. The minimum absolute atomic E-state index is 0.0167. The zero-order chi connectivity index (χ0) is 18.9. The highest BCUT2D eigenvalue weighted by Crippen LogP contribution is 2.32. The first kappa shape index (κ1) is 18.3. The summed E-state index contributed by atoms with van der Waals surface area (Å²) in [7, 11) is 0. The van der Waals surface area contributed by atoms with Crippen LogP contribution in [0.3, 0.4) is 0 Å². The first-order chi connectivity index (χ1) is 12.3. The Hall–Kier alpha value is -2.50. The van der Waals surface area contributed by atoms with Gasteiger partial charge in [0.15, 0.2) is 5.60 Å². The number of hydrogen-bond acceptors (Lipinski definition) is 2. The number of hydrogen-bond donors (Lipinski definition) is 0. The van der Waals surface area contributed by atoms with Crippen molar-refractivity contribution in [1.82, 2.24) is 4.90 Å². The molecule has 1 amide bonds. The van der Waals surface area contributed by atoms with Crippen molar-refractivity contribution in [3.8, 4) is 5.75 Å². The maximum atomic E-state index is 14.0. The van der Waals surface area contributed by atoms with E-state index in [1.54, 1.807) is 18.7 Å². The first-order valence-corrected chi connectivity index (χ1v) is 8.46. The predicted octanol–water partition coefficient (Wildman–Crippen LogP) is 4.45. The Morgan fingerprint density at radius 1 is 1.08 bits per heavy atom. The third kappa shape index (κ3) is 4.18. The third-order valence-corrected chi connectivity index (χ3v) is 4.31. The second-order valence-corrected chi connectivity index (χ2v) is 6.97. The highest BCUT2D eigenvalue weighted by molar-refractivity contribution is 5.85. The van der Waals surface area contributed by atoms with Crippen LogP contribution in [0.25, 0.3) is 0 Å². The molecular weight excluding hydrogens is 343 g/mol. The van der Waals surface area contributed by atoms with Crippen molar-refractivity contribution in [3.63, 3.8) is 0 Å². The smallest absolute Gasteiger partial charge is 0.266 e. The monoisotopic (exact) mass is 363 g/mol. The molecule has 138 valence electrons. The Bertz CT molecular complexity index is 801. The molecule has 0 saturated heterocycles. The molecule has 1 fully saturated rings. The zero-order valence-corrected chi connectivity index (χ0v) is 14.6. The molecule has 3 rings (SSSR count). The zero-order valence-electron chi connectivity index (χ0n) is 14.6. The van der Waals surface area contributed by atoms with Crippen molar-refractivity contribution in [2.24, 2.45) is 0 Å². The van der Waals surface area contributed by atoms with Gasteiger partial charge in [0.05, 0.1) is 0 Å². The summed E-state index contributed by atoms with van der Waals surface area (Å²) in [6.07, 6.45) is 1.67. The average Bonchev–Trinajstić information content (AvgIpc) is 3.40. The maximum Gasteiger partial charge on any atom is 0.266 e. The lowest BCUT2D eigenvalue weighted by Crippen LogP contribution is -2.49. The minimum Gasteiger partial charge on any atom is -0.478 e. The summed E-state index contributed by atoms with van der Waals surface area (Å²) in [5.41, 5.74) is -0.957. The Morgan fingerprint density at radius 3 is 2.27 bits per heavy atom. The quantitative estimate of drug-likeness (QED) is 0.759. The molecule has 2 aromatic carbocycles. The van der Waals surface area contributed by atoms with Gasteiger partial charge in [0.25, 0.3) is 5.91 Å². The van der Waals surface area contributed by atoms with Gasteiger partial charge < -0.3 is 9.64 Å². The summed E-state index contributed by atoms with van der Waals surface area (Å²) in [6, 6.07) is 8.75. The molecule has 1 aliphatic carbocycles. The van der Waals surface area contributed by atoms with E-state index in [4.69, 9.17) is 4.74 Å². The fourth-order valence-corrected chi connectivity index (χ4v) is 2.77. The fraction of sp³-hybridized carbons (Fsp3) is 0.350. The van der Waals surface area contributed by atoms with Crippen LogP contribution in [0.2, 0.25) is 0 Å². The molecule has 0 N–H and O–H groups in total. The molecule has 26 heavy (non-hydrogen) atoms. The molecule has 2 aromatic rings. The number of halogens is 3. The fourth-order valence-electron chi connectivity index (χ4n) is 2.77. The molecule has 0 heterocycles. The van der Waals surface area contributed by atoms with Gasteiger partial charge in [-0.25, -0.2) is 13.2 Å². The van der Waals surface area contributed by atoms with Crippen LogP contribution in [-0.2, 0) is 11.3 Å². The number of amides is 1. The lowest BCUT2D eigenvalue weighted by molar-refractivity contribution is -0.146. The molecule has 0 atom stereocenters. The van der Waals surface area contributed by atoms with E-state index in [-0.39, 0.29) is 24.1 Å². The van der Waals surface area contributed by atoms with Gasteiger partial charge in [-0.3, -0.25) is 4.79 Å². The van der Waals surface area contributed by atoms with E-state index >= 15 is 0 Å². The molecule has 0 radical (unpaired) electrons. The van der Waals surface area contributed by atoms with Crippen molar-refractivity contribution in [1.29, 1.82) is 0 Å². The van der Waals surface area contributed by atoms with E-state index in [1.807, 2.05) is 0 Å². The van der Waals surface area contributed by atoms with Crippen LogP contribution in [-0.4, -0.2) is 22.4 Å². The Morgan fingerprint density at radius 2 is 1.69 bits per heavy atom. The average molecular weight is 363 g/mol. The van der Waals surface area contributed by atoms with E-state index in [0.717, 1.165) is 18.9 Å². The van der Waals surface area contributed by atoms with Crippen molar-refractivity contribution in [2.75, 3.05) is 0 Å². The van der Waals surface area contributed by atoms with Gasteiger partial charge in [-0.1, -0.05) is 6.07 Å². The van der Waals surface area contributed by atoms with Gasteiger partial charge in [-0.2, -0.15) is 0 Å². The molecular formula is C20H20F3NO2. The van der Waals surface area contributed by atoms with Crippen LogP contribution in [0.5, 0.6) is 5.75 Å². The van der Waals surface area contributed by atoms with E-state index in [2.05, 4.69) is 0 Å². The summed E-state index contributed by atoms with van der Waals surface area (Å²) in [5, 5.41) is 0. The lowest BCUT2D eigenvalue weighted by atomic mass is 10.1. The van der Waals surface area contributed by atoms with Crippen LogP contribution in [0.15, 0.2) is 42.5 Å². The van der Waals surface area contributed by atoms with Crippen molar-refractivity contribution >= 4 is 5.91 Å². The Labute approximate surface area is 150 Å². The number of carbonyl (C=O) groups excluding carboxylic acids is 1. The number of rotatable bonds is 6. The molecule has 0 unspecified atom stereocenters. The molecule has 0 aromatic heterocycles. The van der Waals surface area contributed by atoms with Crippen LogP contribution in [0.1, 0.15) is 32.3 Å². The van der Waals surface area contributed by atoms with Gasteiger partial charge >= 0.3 is 0 Å². The summed E-state index contributed by atoms with van der Waals surface area (Å²) in [4.78, 5) is 14.6. The topological polar surface area (TPSA) is 29.5 Å². The molecule has 0 aliphatic heterocycles. The van der Waals surface area contributed by atoms with E-state index in [1.165, 1.54) is 36.4 Å². The number of carbonyl (C=O) groups is 1. The van der Waals surface area contributed by atoms with Gasteiger partial charge in [-0.05, 0) is 57.0 Å².